The molecule has 0 spiro atoms. The standard InChI is InChI=1S/C37H73N3O3.C20H43N/c1-4-7-10-13-16-19-22-27-38(26-21-18-15-12-9-6-3)31-32-39(28-23-20-17-14-11-8-5-2)33-37(42)40-29-24-36(25-30-40)34-43-35-41;1-4-7-9-11-13-15-17-19-21(6-3)20-18-16-14-12-10-8-5-2/h35-36H,4-34H2,1-3H3;4-20H2,1-3H3. The molecular weight excluding hydrogens is 789 g/mol. The third-order valence-electron chi connectivity index (χ3n) is 14.0. The first kappa shape index (κ1) is 62.8. The van der Waals surface area contributed by atoms with Crippen molar-refractivity contribution in [1.29, 1.82) is 0 Å². The number of likely N-dealkylation sites (tertiary alicyclic amines) is 1. The zero-order valence-electron chi connectivity index (χ0n) is 44.6. The van der Waals surface area contributed by atoms with Gasteiger partial charge in [-0.15, -0.1) is 0 Å². The Balaban J connectivity index is 0.00000158. The van der Waals surface area contributed by atoms with E-state index < -0.39 is 0 Å². The maximum absolute atomic E-state index is 13.4. The van der Waals surface area contributed by atoms with Crippen LogP contribution in [0, 0.1) is 5.92 Å². The highest BCUT2D eigenvalue weighted by Crippen LogP contribution is 2.18. The Morgan fingerprint density at radius 3 is 1.05 bits per heavy atom. The number of ether oxygens (including phenoxy) is 1. The van der Waals surface area contributed by atoms with Crippen LogP contribution in [0.4, 0.5) is 0 Å². The highest BCUT2D eigenvalue weighted by atomic mass is 16.5. The Morgan fingerprint density at radius 1 is 0.422 bits per heavy atom. The summed E-state index contributed by atoms with van der Waals surface area (Å²) in [7, 11) is 0. The maximum Gasteiger partial charge on any atom is 0.293 e. The lowest BCUT2D eigenvalue weighted by Gasteiger charge is -2.34. The van der Waals surface area contributed by atoms with Gasteiger partial charge in [0.2, 0.25) is 5.91 Å². The molecule has 1 rings (SSSR count). The molecule has 64 heavy (non-hydrogen) atoms. The van der Waals surface area contributed by atoms with Gasteiger partial charge < -0.3 is 19.4 Å². The Morgan fingerprint density at radius 2 is 0.719 bits per heavy atom. The molecule has 382 valence electrons. The highest BCUT2D eigenvalue weighted by molar-refractivity contribution is 5.78. The van der Waals surface area contributed by atoms with Gasteiger partial charge in [-0.25, -0.2) is 0 Å². The van der Waals surface area contributed by atoms with Crippen LogP contribution in [-0.2, 0) is 14.3 Å². The van der Waals surface area contributed by atoms with Crippen LogP contribution < -0.4 is 0 Å². The van der Waals surface area contributed by atoms with Crippen molar-refractivity contribution in [2.45, 2.75) is 273 Å². The van der Waals surface area contributed by atoms with Crippen molar-refractivity contribution in [2.24, 2.45) is 5.92 Å². The predicted molar refractivity (Wildman–Crippen MR) is 282 cm³/mol. The molecule has 1 aliphatic heterocycles. The van der Waals surface area contributed by atoms with E-state index in [0.29, 0.717) is 25.5 Å². The van der Waals surface area contributed by atoms with Gasteiger partial charge in [0.05, 0.1) is 13.2 Å². The third-order valence-corrected chi connectivity index (χ3v) is 14.0. The molecule has 0 aliphatic carbocycles. The average molecular weight is 906 g/mol. The zero-order chi connectivity index (χ0) is 46.8. The minimum atomic E-state index is 0.284. The summed E-state index contributed by atoms with van der Waals surface area (Å²) in [6.07, 6.45) is 48.6. The van der Waals surface area contributed by atoms with Crippen molar-refractivity contribution < 1.29 is 14.3 Å². The fraction of sp³-hybridized carbons (Fsp3) is 0.965. The number of nitrogens with zero attached hydrogens (tertiary/aromatic N) is 4. The number of piperidine rings is 1. The molecule has 1 aliphatic rings. The van der Waals surface area contributed by atoms with E-state index in [4.69, 9.17) is 4.74 Å². The number of hydrogen-bond donors (Lipinski definition) is 0. The van der Waals surface area contributed by atoms with Crippen LogP contribution in [0.1, 0.15) is 273 Å². The summed E-state index contributed by atoms with van der Waals surface area (Å²) in [5, 5.41) is 0. The fourth-order valence-corrected chi connectivity index (χ4v) is 9.42. The summed E-state index contributed by atoms with van der Waals surface area (Å²) in [5.41, 5.74) is 0. The molecule has 0 radical (unpaired) electrons. The first-order valence-electron chi connectivity index (χ1n) is 29.0. The van der Waals surface area contributed by atoms with Crippen molar-refractivity contribution in [1.82, 2.24) is 19.6 Å². The number of rotatable bonds is 48. The molecule has 1 saturated heterocycles. The van der Waals surface area contributed by atoms with Gasteiger partial charge in [-0.3, -0.25) is 14.5 Å². The molecule has 0 aromatic heterocycles. The summed E-state index contributed by atoms with van der Waals surface area (Å²) in [6.45, 7) is 26.4. The summed E-state index contributed by atoms with van der Waals surface area (Å²) >= 11 is 0. The van der Waals surface area contributed by atoms with Crippen LogP contribution in [0.3, 0.4) is 0 Å². The van der Waals surface area contributed by atoms with Crippen LogP contribution in [0.2, 0.25) is 0 Å². The van der Waals surface area contributed by atoms with E-state index in [0.717, 1.165) is 45.6 Å². The van der Waals surface area contributed by atoms with Crippen LogP contribution in [0.25, 0.3) is 0 Å². The SMILES string of the molecule is CCCCCCCCCN(CC)CCCCCCCCC.CCCCCCCCCN(CCCCCCCC)CCN(CCCCCCCCC)CC(=O)N1CCC(COC=O)CC1. The molecule has 1 amide bonds. The van der Waals surface area contributed by atoms with Crippen LogP contribution >= 0.6 is 0 Å². The van der Waals surface area contributed by atoms with E-state index in [-0.39, 0.29) is 5.91 Å². The van der Waals surface area contributed by atoms with Crippen molar-refractivity contribution in [3.8, 4) is 0 Å². The van der Waals surface area contributed by atoms with Gasteiger partial charge in [0.25, 0.3) is 6.47 Å². The van der Waals surface area contributed by atoms with E-state index >= 15 is 0 Å². The molecule has 0 unspecified atom stereocenters. The molecule has 0 N–H and O–H groups in total. The molecule has 0 bridgehead atoms. The van der Waals surface area contributed by atoms with Gasteiger partial charge in [0.1, 0.15) is 0 Å². The first-order valence-corrected chi connectivity index (χ1v) is 29.0. The molecule has 0 saturated carbocycles. The molecular formula is C57H116N4O3. The number of hydrogen-bond acceptors (Lipinski definition) is 6. The normalized spacial score (nSPS) is 13.3. The average Bonchev–Trinajstić information content (AvgIpc) is 3.31. The number of carbonyl (C=O) groups excluding carboxylic acids is 2. The largest absolute Gasteiger partial charge is 0.468 e. The summed E-state index contributed by atoms with van der Waals surface area (Å²) < 4.78 is 4.99. The van der Waals surface area contributed by atoms with Crippen LogP contribution in [0.5, 0.6) is 0 Å². The Labute approximate surface area is 402 Å². The Bertz CT molecular complexity index is 910. The van der Waals surface area contributed by atoms with Gasteiger partial charge in [-0.05, 0) is 90.1 Å². The summed E-state index contributed by atoms with van der Waals surface area (Å²) in [5.74, 6) is 0.674. The number of carbonyl (C=O) groups is 2. The first-order chi connectivity index (χ1) is 31.5. The monoisotopic (exact) mass is 905 g/mol. The second kappa shape index (κ2) is 51.2. The molecule has 1 fully saturated rings. The van der Waals surface area contributed by atoms with E-state index in [1.165, 1.54) is 251 Å². The fourth-order valence-electron chi connectivity index (χ4n) is 9.42. The van der Waals surface area contributed by atoms with E-state index in [9.17, 15) is 9.59 Å². The maximum atomic E-state index is 13.4. The molecule has 0 aromatic carbocycles. The molecule has 7 heteroatoms. The topological polar surface area (TPSA) is 56.3 Å². The van der Waals surface area contributed by atoms with E-state index in [1.807, 2.05) is 0 Å². The van der Waals surface area contributed by atoms with Crippen molar-refractivity contribution in [3.05, 3.63) is 0 Å². The Hall–Kier alpha value is -1.18. The smallest absolute Gasteiger partial charge is 0.293 e. The van der Waals surface area contributed by atoms with E-state index in [2.05, 4.69) is 61.1 Å². The number of amides is 1. The molecule has 0 aromatic rings. The van der Waals surface area contributed by atoms with Gasteiger partial charge in [0.15, 0.2) is 0 Å². The van der Waals surface area contributed by atoms with Gasteiger partial charge in [0, 0.05) is 26.2 Å². The van der Waals surface area contributed by atoms with Gasteiger partial charge in [-0.2, -0.15) is 0 Å². The predicted octanol–water partition coefficient (Wildman–Crippen LogP) is 15.7. The second-order valence-electron chi connectivity index (χ2n) is 20.1. The van der Waals surface area contributed by atoms with Crippen molar-refractivity contribution in [2.75, 3.05) is 78.6 Å². The van der Waals surface area contributed by atoms with Crippen LogP contribution in [0.15, 0.2) is 0 Å². The lowest BCUT2D eigenvalue weighted by molar-refractivity contribution is -0.136. The lowest BCUT2D eigenvalue weighted by atomic mass is 9.98. The molecule has 0 atom stereocenters. The third kappa shape index (κ3) is 42.2. The van der Waals surface area contributed by atoms with E-state index in [1.54, 1.807) is 0 Å². The Kier molecular flexibility index (Phi) is 50.3. The minimum Gasteiger partial charge on any atom is -0.468 e. The van der Waals surface area contributed by atoms with Crippen molar-refractivity contribution in [3.63, 3.8) is 0 Å². The minimum absolute atomic E-state index is 0.284. The van der Waals surface area contributed by atoms with Crippen LogP contribution in [-0.4, -0.2) is 111 Å². The number of unbranched alkanes of at least 4 members (excludes halogenated alkanes) is 29. The highest BCUT2D eigenvalue weighted by Gasteiger charge is 2.24. The molecule has 7 nitrogen and oxygen atoms in total. The van der Waals surface area contributed by atoms with Crippen molar-refractivity contribution >= 4 is 12.4 Å². The summed E-state index contributed by atoms with van der Waals surface area (Å²) in [6, 6.07) is 0. The summed E-state index contributed by atoms with van der Waals surface area (Å²) in [4.78, 5) is 33.8. The van der Waals surface area contributed by atoms with Gasteiger partial charge in [-0.1, -0.05) is 228 Å². The lowest BCUT2D eigenvalue weighted by Crippen LogP contribution is -2.46. The van der Waals surface area contributed by atoms with Gasteiger partial charge >= 0.3 is 0 Å². The quantitative estimate of drug-likeness (QED) is 0.0448. The zero-order valence-corrected chi connectivity index (χ0v) is 44.6. The second-order valence-corrected chi connectivity index (χ2v) is 20.1. The molecule has 1 heterocycles.